The van der Waals surface area contributed by atoms with Crippen molar-refractivity contribution in [1.29, 1.82) is 0 Å². The highest BCUT2D eigenvalue weighted by Crippen LogP contribution is 2.63. The van der Waals surface area contributed by atoms with E-state index in [-0.39, 0.29) is 5.41 Å². The van der Waals surface area contributed by atoms with Crippen LogP contribution in [0, 0.1) is 5.41 Å². The summed E-state index contributed by atoms with van der Waals surface area (Å²) in [7, 11) is 3.47. The fourth-order valence-corrected chi connectivity index (χ4v) is 6.17. The average molecular weight is 400 g/mol. The fraction of sp³-hybridized carbons (Fsp3) is 0.696. The number of nitrogens with two attached hydrogens (primary N) is 1. The van der Waals surface area contributed by atoms with Gasteiger partial charge in [0.2, 0.25) is 0 Å². The first-order valence-corrected chi connectivity index (χ1v) is 11.0. The topological polar surface area (TPSA) is 80.3 Å². The van der Waals surface area contributed by atoms with Gasteiger partial charge in [0.1, 0.15) is 5.54 Å². The molecule has 1 aliphatic heterocycles. The lowest BCUT2D eigenvalue weighted by molar-refractivity contribution is -0.0845. The van der Waals surface area contributed by atoms with Crippen LogP contribution in [0.1, 0.15) is 61.1 Å². The Morgan fingerprint density at radius 2 is 1.97 bits per heavy atom. The summed E-state index contributed by atoms with van der Waals surface area (Å²) in [5.74, 6) is 1.11. The third-order valence-electron chi connectivity index (χ3n) is 7.94. The lowest BCUT2D eigenvalue weighted by Gasteiger charge is -2.48. The van der Waals surface area contributed by atoms with E-state index in [0.717, 1.165) is 32.1 Å². The van der Waals surface area contributed by atoms with Gasteiger partial charge >= 0.3 is 0 Å². The molecule has 2 spiro atoms. The minimum atomic E-state index is -0.757. The molecule has 0 aromatic heterocycles. The number of hydrogen-bond donors (Lipinski definition) is 2. The molecule has 2 atom stereocenters. The Kier molecular flexibility index (Phi) is 4.64. The van der Waals surface area contributed by atoms with Crippen LogP contribution in [0.5, 0.6) is 0 Å². The van der Waals surface area contributed by atoms with Crippen LogP contribution in [0.4, 0.5) is 0 Å². The van der Waals surface area contributed by atoms with Crippen LogP contribution < -0.4 is 5.73 Å². The zero-order valence-electron chi connectivity index (χ0n) is 17.6. The summed E-state index contributed by atoms with van der Waals surface area (Å²) in [5.41, 5.74) is 9.53. The quantitative estimate of drug-likeness (QED) is 0.795. The van der Waals surface area contributed by atoms with E-state index < -0.39 is 11.8 Å². The molecule has 6 heteroatoms. The molecule has 1 aromatic rings. The maximum atomic E-state index is 11.7. The largest absolute Gasteiger partial charge is 0.383 e. The highest BCUT2D eigenvalue weighted by molar-refractivity contribution is 5.82. The lowest BCUT2D eigenvalue weighted by atomic mass is 9.61. The van der Waals surface area contributed by atoms with Gasteiger partial charge in [-0.15, -0.1) is 0 Å². The third kappa shape index (κ3) is 2.76. The van der Waals surface area contributed by atoms with Gasteiger partial charge in [-0.05, 0) is 67.6 Å². The van der Waals surface area contributed by atoms with E-state index >= 15 is 0 Å². The molecule has 0 bridgehead atoms. The number of guanidine groups is 1. The average Bonchev–Trinajstić information content (AvgIpc) is 3.50. The van der Waals surface area contributed by atoms with Gasteiger partial charge in [-0.3, -0.25) is 0 Å². The van der Waals surface area contributed by atoms with Crippen LogP contribution in [0.2, 0.25) is 0 Å². The van der Waals surface area contributed by atoms with Crippen molar-refractivity contribution in [3.8, 4) is 0 Å². The summed E-state index contributed by atoms with van der Waals surface area (Å²) >= 11 is 0. The molecular weight excluding hydrogens is 366 g/mol. The van der Waals surface area contributed by atoms with Gasteiger partial charge in [-0.2, -0.15) is 0 Å². The number of aliphatic hydroxyl groups is 1. The fourth-order valence-electron chi connectivity index (χ4n) is 6.17. The first-order chi connectivity index (χ1) is 14.0. The first kappa shape index (κ1) is 19.3. The summed E-state index contributed by atoms with van der Waals surface area (Å²) in [6.45, 7) is 1.06. The van der Waals surface area contributed by atoms with Crippen molar-refractivity contribution >= 4 is 5.96 Å². The molecule has 1 aromatic carbocycles. The first-order valence-electron chi connectivity index (χ1n) is 11.0. The SMILES string of the molecule is COCCN1C(N)=NC2(c3cc(C4CC4)ccc3C[C@]23CC[C@@H](OC)CC3)C1O. The van der Waals surface area contributed by atoms with Crippen LogP contribution in [-0.2, 0) is 21.4 Å². The number of nitrogens with zero attached hydrogens (tertiary/aromatic N) is 2. The standard InChI is InChI=1S/C23H33N3O3/c1-28-12-11-26-20(27)23(25-21(26)24)19-13-16(15-3-4-15)5-6-17(19)14-22(23)9-7-18(29-2)8-10-22/h5-6,13,15,18,20,27H,3-4,7-12,14H2,1-2H3,(H2,24,25)/t18-,20?,22-,23?. The van der Waals surface area contributed by atoms with Crippen molar-refractivity contribution in [2.24, 2.45) is 16.1 Å². The second-order valence-corrected chi connectivity index (χ2v) is 9.38. The minimum absolute atomic E-state index is 0.113. The smallest absolute Gasteiger partial charge is 0.194 e. The number of aliphatic imine (C=N–C) groups is 1. The van der Waals surface area contributed by atoms with E-state index in [1.165, 1.54) is 29.5 Å². The number of ether oxygens (including phenoxy) is 2. The number of aliphatic hydroxyl groups excluding tert-OH is 1. The molecule has 3 aliphatic carbocycles. The molecule has 158 valence electrons. The molecule has 0 amide bonds. The summed E-state index contributed by atoms with van der Waals surface area (Å²) < 4.78 is 10.9. The number of fused-ring (bicyclic) bond motifs is 3. The van der Waals surface area contributed by atoms with E-state index in [2.05, 4.69) is 18.2 Å². The molecule has 2 unspecified atom stereocenters. The summed E-state index contributed by atoms with van der Waals surface area (Å²) in [4.78, 5) is 6.94. The van der Waals surface area contributed by atoms with Gasteiger partial charge in [0, 0.05) is 26.2 Å². The van der Waals surface area contributed by atoms with Crippen LogP contribution in [-0.4, -0.2) is 55.7 Å². The molecular formula is C23H33N3O3. The molecule has 6 nitrogen and oxygen atoms in total. The number of rotatable bonds is 5. The van der Waals surface area contributed by atoms with Crippen molar-refractivity contribution < 1.29 is 14.6 Å². The highest BCUT2D eigenvalue weighted by atomic mass is 16.5. The van der Waals surface area contributed by atoms with Gasteiger partial charge in [0.25, 0.3) is 0 Å². The molecule has 1 heterocycles. The second kappa shape index (κ2) is 6.96. The lowest BCUT2D eigenvalue weighted by Crippen LogP contribution is -2.55. The highest BCUT2D eigenvalue weighted by Gasteiger charge is 2.66. The maximum absolute atomic E-state index is 11.7. The van der Waals surface area contributed by atoms with E-state index in [1.807, 2.05) is 4.90 Å². The predicted octanol–water partition coefficient (Wildman–Crippen LogP) is 2.49. The summed E-state index contributed by atoms with van der Waals surface area (Å²) in [6, 6.07) is 6.92. The molecule has 5 rings (SSSR count). The Morgan fingerprint density at radius 3 is 2.62 bits per heavy atom. The van der Waals surface area contributed by atoms with Crippen molar-refractivity contribution in [3.05, 3.63) is 34.9 Å². The monoisotopic (exact) mass is 399 g/mol. The van der Waals surface area contributed by atoms with Crippen LogP contribution >= 0.6 is 0 Å². The zero-order valence-corrected chi connectivity index (χ0v) is 17.6. The van der Waals surface area contributed by atoms with E-state index in [0.29, 0.717) is 31.1 Å². The van der Waals surface area contributed by atoms with Gasteiger partial charge in [-0.25, -0.2) is 4.99 Å². The Labute approximate surface area is 173 Å². The van der Waals surface area contributed by atoms with Crippen molar-refractivity contribution in [2.75, 3.05) is 27.4 Å². The van der Waals surface area contributed by atoms with E-state index in [9.17, 15) is 5.11 Å². The number of hydrogen-bond acceptors (Lipinski definition) is 6. The third-order valence-corrected chi connectivity index (χ3v) is 7.94. The summed E-state index contributed by atoms with van der Waals surface area (Å²) in [6.07, 6.45) is 7.01. The van der Waals surface area contributed by atoms with Gasteiger partial charge in [0.15, 0.2) is 12.2 Å². The maximum Gasteiger partial charge on any atom is 0.194 e. The zero-order chi connectivity index (χ0) is 20.2. The van der Waals surface area contributed by atoms with E-state index in [1.54, 1.807) is 14.2 Å². The second-order valence-electron chi connectivity index (χ2n) is 9.38. The number of methoxy groups -OCH3 is 2. The van der Waals surface area contributed by atoms with Crippen molar-refractivity contribution in [3.63, 3.8) is 0 Å². The van der Waals surface area contributed by atoms with Crippen molar-refractivity contribution in [2.45, 2.75) is 68.7 Å². The molecule has 4 aliphatic rings. The van der Waals surface area contributed by atoms with Gasteiger partial charge in [0.05, 0.1) is 12.7 Å². The molecule has 2 fully saturated rings. The van der Waals surface area contributed by atoms with Gasteiger partial charge in [-0.1, -0.05) is 18.2 Å². The van der Waals surface area contributed by atoms with Crippen LogP contribution in [0.25, 0.3) is 0 Å². The molecule has 2 saturated carbocycles. The number of benzene rings is 1. The Bertz CT molecular complexity index is 814. The Hall–Kier alpha value is -1.63. The summed E-state index contributed by atoms with van der Waals surface area (Å²) in [5, 5.41) is 11.7. The van der Waals surface area contributed by atoms with Crippen molar-refractivity contribution in [1.82, 2.24) is 4.90 Å². The molecule has 3 N–H and O–H groups in total. The minimum Gasteiger partial charge on any atom is -0.383 e. The van der Waals surface area contributed by atoms with Crippen LogP contribution in [0.3, 0.4) is 0 Å². The Morgan fingerprint density at radius 1 is 1.21 bits per heavy atom. The molecule has 0 radical (unpaired) electrons. The predicted molar refractivity (Wildman–Crippen MR) is 112 cm³/mol. The van der Waals surface area contributed by atoms with Crippen LogP contribution in [0.15, 0.2) is 23.2 Å². The Balaban J connectivity index is 1.60. The normalized spacial score (nSPS) is 36.1. The van der Waals surface area contributed by atoms with E-state index in [4.69, 9.17) is 20.2 Å². The van der Waals surface area contributed by atoms with Gasteiger partial charge < -0.3 is 25.2 Å². The molecule has 0 saturated heterocycles. The molecule has 29 heavy (non-hydrogen) atoms.